The third-order valence-electron chi connectivity index (χ3n) is 2.49. The van der Waals surface area contributed by atoms with E-state index in [0.717, 1.165) is 24.8 Å². The van der Waals surface area contributed by atoms with Gasteiger partial charge in [-0.1, -0.05) is 18.1 Å². The molecule has 3 heteroatoms. The van der Waals surface area contributed by atoms with Crippen LogP contribution in [0.15, 0.2) is 18.2 Å². The van der Waals surface area contributed by atoms with Crippen molar-refractivity contribution < 1.29 is 9.90 Å². The average molecular weight is 241 g/mol. The molecule has 0 radical (unpaired) electrons. The number of halogens is 1. The summed E-state index contributed by atoms with van der Waals surface area (Å²) >= 11 is 5.55. The van der Waals surface area contributed by atoms with Crippen molar-refractivity contribution in [3.05, 3.63) is 29.3 Å². The lowest BCUT2D eigenvalue weighted by Gasteiger charge is -2.04. The van der Waals surface area contributed by atoms with Gasteiger partial charge in [-0.2, -0.15) is 0 Å². The third-order valence-corrected chi connectivity index (χ3v) is 2.76. The summed E-state index contributed by atoms with van der Waals surface area (Å²) in [5, 5.41) is 9.57. The molecule has 2 nitrogen and oxygen atoms in total. The molecule has 0 heterocycles. The molecule has 0 spiro atoms. The number of phenols is 1. The van der Waals surface area contributed by atoms with Crippen molar-refractivity contribution in [2.45, 2.75) is 32.6 Å². The Kier molecular flexibility index (Phi) is 5.33. The van der Waals surface area contributed by atoms with Gasteiger partial charge in [0.2, 0.25) is 0 Å². The number of hydrogen-bond donors (Lipinski definition) is 1. The number of rotatable bonds is 6. The van der Waals surface area contributed by atoms with E-state index >= 15 is 0 Å². The quantitative estimate of drug-likeness (QED) is 0.468. The Morgan fingerprint density at radius 2 is 2.06 bits per heavy atom. The van der Waals surface area contributed by atoms with Crippen LogP contribution >= 0.6 is 11.6 Å². The maximum absolute atomic E-state index is 11.8. The summed E-state index contributed by atoms with van der Waals surface area (Å²) in [7, 11) is 0. The number of hydrogen-bond acceptors (Lipinski definition) is 2. The zero-order valence-corrected chi connectivity index (χ0v) is 10.3. The number of alkyl halides is 1. The third kappa shape index (κ3) is 3.86. The summed E-state index contributed by atoms with van der Waals surface area (Å²) in [5.41, 5.74) is 1.42. The Hall–Kier alpha value is -1.02. The Morgan fingerprint density at radius 1 is 1.31 bits per heavy atom. The number of aryl methyl sites for hydroxylation is 1. The molecule has 1 N–H and O–H groups in total. The summed E-state index contributed by atoms with van der Waals surface area (Å²) in [5.74, 6) is 0.730. The molecular formula is C13H17ClO2. The first kappa shape index (κ1) is 13.0. The van der Waals surface area contributed by atoms with Gasteiger partial charge in [-0.25, -0.2) is 0 Å². The minimum absolute atomic E-state index is 0.00997. The van der Waals surface area contributed by atoms with E-state index in [2.05, 4.69) is 0 Å². The Labute approximate surface area is 101 Å². The van der Waals surface area contributed by atoms with Crippen molar-refractivity contribution in [3.8, 4) is 5.75 Å². The zero-order chi connectivity index (χ0) is 12.0. The van der Waals surface area contributed by atoms with E-state index in [1.807, 2.05) is 6.92 Å². The first-order chi connectivity index (χ1) is 7.65. The maximum atomic E-state index is 11.8. The summed E-state index contributed by atoms with van der Waals surface area (Å²) in [4.78, 5) is 11.8. The fraction of sp³-hybridized carbons (Fsp3) is 0.462. The molecule has 1 rings (SSSR count). The summed E-state index contributed by atoms with van der Waals surface area (Å²) < 4.78 is 0. The second-order valence-corrected chi connectivity index (χ2v) is 4.32. The molecule has 1 aromatic carbocycles. The number of aromatic hydroxyl groups is 1. The summed E-state index contributed by atoms with van der Waals surface area (Å²) in [6.45, 7) is 1.91. The highest BCUT2D eigenvalue weighted by molar-refractivity contribution is 6.17. The molecule has 0 aliphatic carbocycles. The number of benzene rings is 1. The van der Waals surface area contributed by atoms with Gasteiger partial charge in [0, 0.05) is 12.3 Å². The van der Waals surface area contributed by atoms with Gasteiger partial charge >= 0.3 is 0 Å². The predicted molar refractivity (Wildman–Crippen MR) is 66.4 cm³/mol. The number of ketones is 1. The fourth-order valence-electron chi connectivity index (χ4n) is 1.56. The van der Waals surface area contributed by atoms with Crippen LogP contribution in [0.4, 0.5) is 0 Å². The molecule has 0 saturated heterocycles. The molecule has 16 heavy (non-hydrogen) atoms. The van der Waals surface area contributed by atoms with Gasteiger partial charge in [0.25, 0.3) is 0 Å². The molecule has 1 aromatic rings. The van der Waals surface area contributed by atoms with Gasteiger partial charge < -0.3 is 5.11 Å². The number of phenolic OH excluding ortho intramolecular Hbond substituents is 1. The molecule has 0 amide bonds. The highest BCUT2D eigenvalue weighted by Gasteiger charge is 2.10. The molecule has 0 atom stereocenters. The minimum Gasteiger partial charge on any atom is -0.507 e. The molecule has 0 aliphatic heterocycles. The number of Topliss-reactive ketones (excluding diaryl/α,β-unsaturated/α-hetero) is 1. The first-order valence-corrected chi connectivity index (χ1v) is 6.07. The minimum atomic E-state index is 0.00997. The van der Waals surface area contributed by atoms with Crippen molar-refractivity contribution in [1.82, 2.24) is 0 Å². The first-order valence-electron chi connectivity index (χ1n) is 5.54. The van der Waals surface area contributed by atoms with Crippen LogP contribution in [0.5, 0.6) is 5.75 Å². The van der Waals surface area contributed by atoms with E-state index in [0.29, 0.717) is 17.9 Å². The fourth-order valence-corrected chi connectivity index (χ4v) is 1.75. The SMILES string of the molecule is Cc1ccc(O)c(C(=O)CCCCCCl)c1. The van der Waals surface area contributed by atoms with Crippen molar-refractivity contribution in [3.63, 3.8) is 0 Å². The van der Waals surface area contributed by atoms with Crippen LogP contribution in [0.1, 0.15) is 41.6 Å². The van der Waals surface area contributed by atoms with Gasteiger partial charge in [0.15, 0.2) is 5.78 Å². The van der Waals surface area contributed by atoms with Gasteiger partial charge in [-0.3, -0.25) is 4.79 Å². The molecule has 0 bridgehead atoms. The average Bonchev–Trinajstić information content (AvgIpc) is 2.27. The van der Waals surface area contributed by atoms with Crippen molar-refractivity contribution in [2.24, 2.45) is 0 Å². The van der Waals surface area contributed by atoms with Gasteiger partial charge in [0.1, 0.15) is 5.75 Å². The van der Waals surface area contributed by atoms with E-state index in [1.165, 1.54) is 0 Å². The standard InChI is InChI=1S/C13H17ClO2/c1-10-6-7-13(16)11(9-10)12(15)5-3-2-4-8-14/h6-7,9,16H,2-5,8H2,1H3. The van der Waals surface area contributed by atoms with E-state index < -0.39 is 0 Å². The van der Waals surface area contributed by atoms with Gasteiger partial charge in [0.05, 0.1) is 5.56 Å². The lowest BCUT2D eigenvalue weighted by molar-refractivity contribution is 0.0976. The Bertz CT molecular complexity index is 361. The monoisotopic (exact) mass is 240 g/mol. The van der Waals surface area contributed by atoms with E-state index in [1.54, 1.807) is 18.2 Å². The van der Waals surface area contributed by atoms with Crippen LogP contribution in [0, 0.1) is 6.92 Å². The van der Waals surface area contributed by atoms with Crippen molar-refractivity contribution in [2.75, 3.05) is 5.88 Å². The maximum Gasteiger partial charge on any atom is 0.166 e. The van der Waals surface area contributed by atoms with E-state index in [4.69, 9.17) is 11.6 Å². The molecular weight excluding hydrogens is 224 g/mol. The number of carbonyl (C=O) groups excluding carboxylic acids is 1. The molecule has 0 fully saturated rings. The highest BCUT2D eigenvalue weighted by atomic mass is 35.5. The molecule has 0 saturated carbocycles. The Morgan fingerprint density at radius 3 is 2.75 bits per heavy atom. The number of unbranched alkanes of at least 4 members (excludes halogenated alkanes) is 2. The van der Waals surface area contributed by atoms with Crippen LogP contribution in [-0.4, -0.2) is 16.8 Å². The molecule has 88 valence electrons. The summed E-state index contributed by atoms with van der Waals surface area (Å²) in [6.07, 6.45) is 3.21. The second-order valence-electron chi connectivity index (χ2n) is 3.94. The second kappa shape index (κ2) is 6.54. The van der Waals surface area contributed by atoms with Gasteiger partial charge in [-0.05, 0) is 31.9 Å². The summed E-state index contributed by atoms with van der Waals surface area (Å²) in [6, 6.07) is 5.10. The predicted octanol–water partition coefficient (Wildman–Crippen LogP) is 3.68. The molecule has 0 aliphatic rings. The molecule has 0 aromatic heterocycles. The van der Waals surface area contributed by atoms with E-state index in [9.17, 15) is 9.90 Å². The lowest BCUT2D eigenvalue weighted by Crippen LogP contribution is -2.00. The lowest BCUT2D eigenvalue weighted by atomic mass is 10.0. The largest absolute Gasteiger partial charge is 0.507 e. The Balaban J connectivity index is 2.55. The van der Waals surface area contributed by atoms with Crippen LogP contribution in [-0.2, 0) is 0 Å². The van der Waals surface area contributed by atoms with Crippen LogP contribution < -0.4 is 0 Å². The topological polar surface area (TPSA) is 37.3 Å². The van der Waals surface area contributed by atoms with Crippen LogP contribution in [0.3, 0.4) is 0 Å². The smallest absolute Gasteiger partial charge is 0.166 e. The zero-order valence-electron chi connectivity index (χ0n) is 9.50. The van der Waals surface area contributed by atoms with Gasteiger partial charge in [-0.15, -0.1) is 11.6 Å². The highest BCUT2D eigenvalue weighted by Crippen LogP contribution is 2.20. The van der Waals surface area contributed by atoms with Crippen molar-refractivity contribution in [1.29, 1.82) is 0 Å². The molecule has 0 unspecified atom stereocenters. The van der Waals surface area contributed by atoms with Crippen LogP contribution in [0.25, 0.3) is 0 Å². The number of carbonyl (C=O) groups is 1. The van der Waals surface area contributed by atoms with E-state index in [-0.39, 0.29) is 11.5 Å². The normalized spacial score (nSPS) is 10.4. The van der Waals surface area contributed by atoms with Crippen molar-refractivity contribution >= 4 is 17.4 Å². The van der Waals surface area contributed by atoms with Crippen LogP contribution in [0.2, 0.25) is 0 Å².